The Morgan fingerprint density at radius 3 is 2.29 bits per heavy atom. The van der Waals surface area contributed by atoms with E-state index in [9.17, 15) is 22.4 Å². The van der Waals surface area contributed by atoms with E-state index in [4.69, 9.17) is 0 Å². The number of amides is 1. The summed E-state index contributed by atoms with van der Waals surface area (Å²) in [6.07, 6.45) is 1.18. The standard InChI is InChI=1S/C26H23FN2O4S/c1-16-5-11-23-21(12-16)26(31)24(34(32,33)20-9-7-19(27)8-10-20)14-29(23)15-25(30)28-22-13-17(2)4-6-18(22)3/h4-14H,15H2,1-3H3,(H,28,30). The Morgan fingerprint density at radius 2 is 1.59 bits per heavy atom. The minimum Gasteiger partial charge on any atom is -0.336 e. The third kappa shape index (κ3) is 4.49. The number of aryl methyl sites for hydroxylation is 3. The predicted molar refractivity (Wildman–Crippen MR) is 129 cm³/mol. The fraction of sp³-hybridized carbons (Fsp3) is 0.154. The monoisotopic (exact) mass is 478 g/mol. The summed E-state index contributed by atoms with van der Waals surface area (Å²) in [6.45, 7) is 5.37. The van der Waals surface area contributed by atoms with Crippen LogP contribution >= 0.6 is 0 Å². The molecule has 1 heterocycles. The van der Waals surface area contributed by atoms with Crippen molar-refractivity contribution < 1.29 is 17.6 Å². The highest BCUT2D eigenvalue weighted by molar-refractivity contribution is 7.91. The number of benzene rings is 3. The maximum atomic E-state index is 13.3. The first-order valence-electron chi connectivity index (χ1n) is 10.6. The summed E-state index contributed by atoms with van der Waals surface area (Å²) in [5.41, 5.74) is 3.06. The molecule has 0 spiro atoms. The number of hydrogen-bond donors (Lipinski definition) is 1. The van der Waals surface area contributed by atoms with Crippen LogP contribution in [0.4, 0.5) is 10.1 Å². The van der Waals surface area contributed by atoms with Gasteiger partial charge in [0.15, 0.2) is 0 Å². The molecule has 3 aromatic carbocycles. The van der Waals surface area contributed by atoms with Gasteiger partial charge in [0, 0.05) is 17.3 Å². The molecule has 6 nitrogen and oxygen atoms in total. The van der Waals surface area contributed by atoms with Gasteiger partial charge in [-0.1, -0.05) is 23.8 Å². The molecular weight excluding hydrogens is 455 g/mol. The average molecular weight is 479 g/mol. The zero-order valence-electron chi connectivity index (χ0n) is 18.9. The number of rotatable bonds is 5. The molecule has 4 rings (SSSR count). The van der Waals surface area contributed by atoms with Gasteiger partial charge in [-0.05, 0) is 74.4 Å². The predicted octanol–water partition coefficient (Wildman–Crippen LogP) is 4.54. The number of halogens is 1. The van der Waals surface area contributed by atoms with Gasteiger partial charge in [-0.15, -0.1) is 0 Å². The summed E-state index contributed by atoms with van der Waals surface area (Å²) in [5.74, 6) is -0.960. The number of hydrogen-bond acceptors (Lipinski definition) is 4. The van der Waals surface area contributed by atoms with Crippen LogP contribution in [0.25, 0.3) is 10.9 Å². The molecular formula is C26H23FN2O4S. The Kier molecular flexibility index (Phi) is 6.10. The van der Waals surface area contributed by atoms with Gasteiger partial charge in [-0.25, -0.2) is 12.8 Å². The van der Waals surface area contributed by atoms with Gasteiger partial charge in [0.2, 0.25) is 21.2 Å². The van der Waals surface area contributed by atoms with E-state index >= 15 is 0 Å². The van der Waals surface area contributed by atoms with Crippen molar-refractivity contribution in [3.8, 4) is 0 Å². The molecule has 0 saturated heterocycles. The van der Waals surface area contributed by atoms with Gasteiger partial charge < -0.3 is 9.88 Å². The quantitative estimate of drug-likeness (QED) is 0.427. The summed E-state index contributed by atoms with van der Waals surface area (Å²) >= 11 is 0. The van der Waals surface area contributed by atoms with Gasteiger partial charge in [0.25, 0.3) is 0 Å². The number of anilines is 1. The normalized spacial score (nSPS) is 11.5. The molecule has 0 bridgehead atoms. The first kappa shape index (κ1) is 23.4. The minimum atomic E-state index is -4.25. The molecule has 0 fully saturated rings. The first-order chi connectivity index (χ1) is 16.1. The van der Waals surface area contributed by atoms with Gasteiger partial charge >= 0.3 is 0 Å². The highest BCUT2D eigenvalue weighted by Crippen LogP contribution is 2.23. The number of aromatic nitrogens is 1. The highest BCUT2D eigenvalue weighted by atomic mass is 32.2. The zero-order valence-corrected chi connectivity index (χ0v) is 19.7. The highest BCUT2D eigenvalue weighted by Gasteiger charge is 2.24. The second-order valence-corrected chi connectivity index (χ2v) is 10.2. The summed E-state index contributed by atoms with van der Waals surface area (Å²) in [7, 11) is -4.25. The molecule has 0 aliphatic heterocycles. The Hall–Kier alpha value is -3.78. The lowest BCUT2D eigenvalue weighted by Gasteiger charge is -2.15. The van der Waals surface area contributed by atoms with Crippen LogP contribution in [0.2, 0.25) is 0 Å². The van der Waals surface area contributed by atoms with E-state index in [1.807, 2.05) is 32.0 Å². The molecule has 0 aliphatic carbocycles. The van der Waals surface area contributed by atoms with Crippen LogP contribution < -0.4 is 10.7 Å². The van der Waals surface area contributed by atoms with Crippen molar-refractivity contribution in [2.75, 3.05) is 5.32 Å². The Balaban J connectivity index is 1.83. The van der Waals surface area contributed by atoms with Crippen LogP contribution in [0.3, 0.4) is 0 Å². The Bertz CT molecular complexity index is 1590. The van der Waals surface area contributed by atoms with E-state index < -0.39 is 26.0 Å². The molecule has 1 N–H and O–H groups in total. The van der Waals surface area contributed by atoms with Crippen molar-refractivity contribution >= 4 is 32.3 Å². The molecule has 34 heavy (non-hydrogen) atoms. The van der Waals surface area contributed by atoms with Crippen molar-refractivity contribution in [3.63, 3.8) is 0 Å². The maximum absolute atomic E-state index is 13.3. The second-order valence-electron chi connectivity index (χ2n) is 8.29. The number of fused-ring (bicyclic) bond motifs is 1. The lowest BCUT2D eigenvalue weighted by Crippen LogP contribution is -2.24. The Morgan fingerprint density at radius 1 is 0.941 bits per heavy atom. The summed E-state index contributed by atoms with van der Waals surface area (Å²) in [6, 6.07) is 15.0. The summed E-state index contributed by atoms with van der Waals surface area (Å²) in [4.78, 5) is 25.4. The van der Waals surface area contributed by atoms with Crippen molar-refractivity contribution in [1.82, 2.24) is 4.57 Å². The van der Waals surface area contributed by atoms with E-state index in [0.717, 1.165) is 41.0 Å². The van der Waals surface area contributed by atoms with Crippen molar-refractivity contribution in [2.24, 2.45) is 0 Å². The van der Waals surface area contributed by atoms with Crippen molar-refractivity contribution in [3.05, 3.63) is 99.6 Å². The van der Waals surface area contributed by atoms with E-state index in [1.165, 1.54) is 10.8 Å². The van der Waals surface area contributed by atoms with Gasteiger partial charge in [-0.3, -0.25) is 9.59 Å². The molecule has 1 aromatic heterocycles. The molecule has 0 atom stereocenters. The molecule has 0 aliphatic rings. The minimum absolute atomic E-state index is 0.183. The Labute approximate surface area is 196 Å². The van der Waals surface area contributed by atoms with Crippen LogP contribution in [-0.2, 0) is 21.2 Å². The average Bonchev–Trinajstić information content (AvgIpc) is 2.78. The summed E-state index contributed by atoms with van der Waals surface area (Å²) < 4.78 is 41.3. The zero-order chi connectivity index (χ0) is 24.6. The van der Waals surface area contributed by atoms with E-state index in [0.29, 0.717) is 11.2 Å². The molecule has 8 heteroatoms. The lowest BCUT2D eigenvalue weighted by atomic mass is 10.1. The number of nitrogens with zero attached hydrogens (tertiary/aromatic N) is 1. The van der Waals surface area contributed by atoms with Crippen LogP contribution in [0.5, 0.6) is 0 Å². The second kappa shape index (κ2) is 8.87. The molecule has 0 radical (unpaired) electrons. The third-order valence-electron chi connectivity index (χ3n) is 5.60. The number of carbonyl (C=O) groups excluding carboxylic acids is 1. The van der Waals surface area contributed by atoms with E-state index in [2.05, 4.69) is 5.32 Å². The van der Waals surface area contributed by atoms with Crippen molar-refractivity contribution in [2.45, 2.75) is 37.1 Å². The maximum Gasteiger partial charge on any atom is 0.244 e. The van der Waals surface area contributed by atoms with E-state index in [1.54, 1.807) is 25.1 Å². The van der Waals surface area contributed by atoms with Crippen LogP contribution in [0.1, 0.15) is 16.7 Å². The van der Waals surface area contributed by atoms with Gasteiger partial charge in [-0.2, -0.15) is 0 Å². The fourth-order valence-corrected chi connectivity index (χ4v) is 5.13. The number of sulfone groups is 1. The number of pyridine rings is 1. The molecule has 0 saturated carbocycles. The fourth-order valence-electron chi connectivity index (χ4n) is 3.76. The van der Waals surface area contributed by atoms with Crippen LogP contribution in [-0.4, -0.2) is 18.9 Å². The van der Waals surface area contributed by atoms with E-state index in [-0.39, 0.29) is 22.7 Å². The molecule has 0 unspecified atom stereocenters. The van der Waals surface area contributed by atoms with Gasteiger partial charge in [0.05, 0.1) is 10.4 Å². The number of nitrogens with one attached hydrogen (secondary N) is 1. The van der Waals surface area contributed by atoms with Gasteiger partial charge in [0.1, 0.15) is 17.3 Å². The number of carbonyl (C=O) groups is 1. The topological polar surface area (TPSA) is 85.2 Å². The SMILES string of the molecule is Cc1ccc(C)c(NC(=O)Cn2cc(S(=O)(=O)c3ccc(F)cc3)c(=O)c3cc(C)ccc32)c1. The summed E-state index contributed by atoms with van der Waals surface area (Å²) in [5, 5.41) is 3.04. The van der Waals surface area contributed by atoms with Crippen LogP contribution in [0, 0.1) is 26.6 Å². The smallest absolute Gasteiger partial charge is 0.244 e. The largest absolute Gasteiger partial charge is 0.336 e. The molecule has 4 aromatic rings. The lowest BCUT2D eigenvalue weighted by molar-refractivity contribution is -0.116. The molecule has 174 valence electrons. The third-order valence-corrected chi connectivity index (χ3v) is 7.36. The first-order valence-corrected chi connectivity index (χ1v) is 12.1. The molecule has 1 amide bonds. The van der Waals surface area contributed by atoms with Crippen molar-refractivity contribution in [1.29, 1.82) is 0 Å². The van der Waals surface area contributed by atoms with Crippen LogP contribution in [0.15, 0.2) is 81.4 Å².